The minimum Gasteiger partial charge on any atom is -0.366 e. The summed E-state index contributed by atoms with van der Waals surface area (Å²) in [7, 11) is -8.16. The number of anilines is 2. The summed E-state index contributed by atoms with van der Waals surface area (Å²) < 4.78 is 103. The molecule has 2 saturated heterocycles. The summed E-state index contributed by atoms with van der Waals surface area (Å²) in [4.78, 5) is 4.09. The van der Waals surface area contributed by atoms with Gasteiger partial charge in [-0.2, -0.15) is 27.0 Å². The van der Waals surface area contributed by atoms with Crippen molar-refractivity contribution in [2.45, 2.75) is 80.2 Å². The van der Waals surface area contributed by atoms with Crippen LogP contribution in [0.15, 0.2) is 94.7 Å². The standard InChI is InChI=1S/C41H42Cl2F3N5O4S2/c1-26-5-11-33(18-38(26)41(44,45)46)49-25-40(51(23-28(49)3)57(54,55)37-13-7-30(21-47)8-14-37)20-31(40)17-35-24-50(56(52,53)36-15-9-32(42)10-16-36)29(4)22-48(35)34-12-6-27(2)39(43)19-34/h5-16,18-19,28-29,31,35H,17,20,22-25H2,1-4H3/t28-,29?,31?,35-,40?/m0/s1. The monoisotopic (exact) mass is 859 g/mol. The van der Waals surface area contributed by atoms with Crippen LogP contribution in [-0.2, 0) is 26.2 Å². The Balaban J connectivity index is 1.29. The number of nitrogens with zero attached hydrogens (tertiary/aromatic N) is 5. The first-order valence-electron chi connectivity index (χ1n) is 18.5. The third-order valence-electron chi connectivity index (χ3n) is 11.8. The van der Waals surface area contributed by atoms with Crippen LogP contribution in [0.5, 0.6) is 0 Å². The summed E-state index contributed by atoms with van der Waals surface area (Å²) in [5.41, 5.74) is 0.589. The molecule has 1 spiro atoms. The topological polar surface area (TPSA) is 105 Å². The first kappa shape index (κ1) is 41.3. The van der Waals surface area contributed by atoms with Crippen LogP contribution in [0.25, 0.3) is 0 Å². The maximum absolute atomic E-state index is 14.6. The van der Waals surface area contributed by atoms with E-state index in [1.165, 1.54) is 70.1 Å². The predicted molar refractivity (Wildman–Crippen MR) is 216 cm³/mol. The predicted octanol–water partition coefficient (Wildman–Crippen LogP) is 8.52. The van der Waals surface area contributed by atoms with E-state index in [9.17, 15) is 35.3 Å². The molecule has 302 valence electrons. The lowest BCUT2D eigenvalue weighted by molar-refractivity contribution is -0.138. The van der Waals surface area contributed by atoms with Crippen LogP contribution in [0.3, 0.4) is 0 Å². The Morgan fingerprint density at radius 3 is 1.98 bits per heavy atom. The van der Waals surface area contributed by atoms with Gasteiger partial charge in [-0.25, -0.2) is 16.8 Å². The van der Waals surface area contributed by atoms with Crippen molar-refractivity contribution in [3.05, 3.63) is 117 Å². The molecule has 4 aromatic rings. The first-order valence-corrected chi connectivity index (χ1v) is 22.2. The van der Waals surface area contributed by atoms with Crippen molar-refractivity contribution in [3.8, 4) is 6.07 Å². The van der Waals surface area contributed by atoms with Crippen LogP contribution < -0.4 is 9.80 Å². The Kier molecular flexibility index (Phi) is 10.9. The number of benzene rings is 4. The second-order valence-corrected chi connectivity index (χ2v) is 20.1. The lowest BCUT2D eigenvalue weighted by Gasteiger charge is -2.48. The number of hydrogen-bond donors (Lipinski definition) is 0. The van der Waals surface area contributed by atoms with Gasteiger partial charge in [0.2, 0.25) is 20.0 Å². The first-order chi connectivity index (χ1) is 26.8. The Hall–Kier alpha value is -3.84. The highest BCUT2D eigenvalue weighted by Crippen LogP contribution is 2.57. The largest absolute Gasteiger partial charge is 0.416 e. The van der Waals surface area contributed by atoms with Crippen LogP contribution >= 0.6 is 23.2 Å². The summed E-state index contributed by atoms with van der Waals surface area (Å²) in [5.74, 6) is -0.310. The third-order valence-corrected chi connectivity index (χ3v) is 16.4. The number of nitriles is 1. The second-order valence-electron chi connectivity index (χ2n) is 15.5. The van der Waals surface area contributed by atoms with E-state index >= 15 is 0 Å². The number of piperazine rings is 2. The summed E-state index contributed by atoms with van der Waals surface area (Å²) in [6.45, 7) is 7.44. The van der Waals surface area contributed by atoms with Gasteiger partial charge in [-0.15, -0.1) is 0 Å². The molecule has 2 heterocycles. The van der Waals surface area contributed by atoms with Gasteiger partial charge in [-0.05, 0) is 130 Å². The van der Waals surface area contributed by atoms with Crippen molar-refractivity contribution in [1.29, 1.82) is 5.26 Å². The van der Waals surface area contributed by atoms with Gasteiger partial charge in [0.15, 0.2) is 0 Å². The van der Waals surface area contributed by atoms with Crippen LogP contribution in [-0.4, -0.2) is 75.3 Å². The molecule has 0 N–H and O–H groups in total. The van der Waals surface area contributed by atoms with Crippen molar-refractivity contribution in [3.63, 3.8) is 0 Å². The van der Waals surface area contributed by atoms with Crippen molar-refractivity contribution in [2.24, 2.45) is 5.92 Å². The van der Waals surface area contributed by atoms with Gasteiger partial charge in [-0.3, -0.25) is 0 Å². The molecular weight excluding hydrogens is 819 g/mol. The average Bonchev–Trinajstić information content (AvgIpc) is 3.84. The number of aryl methyl sites for hydroxylation is 2. The minimum absolute atomic E-state index is 0.00418. The Morgan fingerprint density at radius 2 is 1.37 bits per heavy atom. The second kappa shape index (κ2) is 15.1. The number of alkyl halides is 3. The molecule has 57 heavy (non-hydrogen) atoms. The summed E-state index contributed by atoms with van der Waals surface area (Å²) in [6.07, 6.45) is -3.82. The van der Waals surface area contributed by atoms with Crippen LogP contribution in [0.2, 0.25) is 10.0 Å². The highest BCUT2D eigenvalue weighted by molar-refractivity contribution is 7.89. The van der Waals surface area contributed by atoms with E-state index in [4.69, 9.17) is 23.2 Å². The van der Waals surface area contributed by atoms with Crippen molar-refractivity contribution in [2.75, 3.05) is 36.0 Å². The van der Waals surface area contributed by atoms with Crippen molar-refractivity contribution >= 4 is 54.6 Å². The Morgan fingerprint density at radius 1 is 0.772 bits per heavy atom. The molecule has 1 saturated carbocycles. The van der Waals surface area contributed by atoms with E-state index in [0.29, 0.717) is 40.7 Å². The van der Waals surface area contributed by atoms with E-state index in [2.05, 4.69) is 4.90 Å². The minimum atomic E-state index is -4.58. The number of sulfonamides is 2. The maximum atomic E-state index is 14.6. The highest BCUT2D eigenvalue weighted by Gasteiger charge is 2.65. The molecule has 0 radical (unpaired) electrons. The van der Waals surface area contributed by atoms with E-state index in [1.54, 1.807) is 13.0 Å². The molecule has 3 fully saturated rings. The number of rotatable bonds is 8. The molecule has 5 atom stereocenters. The molecule has 0 amide bonds. The molecule has 1 aliphatic carbocycles. The zero-order chi connectivity index (χ0) is 41.2. The molecule has 3 aliphatic rings. The normalized spacial score (nSPS) is 24.8. The fourth-order valence-electron chi connectivity index (χ4n) is 8.52. The Labute approximate surface area is 342 Å². The average molecular weight is 861 g/mol. The number of hydrogen-bond acceptors (Lipinski definition) is 7. The van der Waals surface area contributed by atoms with Gasteiger partial charge in [0.05, 0.1) is 32.5 Å². The molecule has 9 nitrogen and oxygen atoms in total. The summed E-state index contributed by atoms with van der Waals surface area (Å²) >= 11 is 12.7. The van der Waals surface area contributed by atoms with Crippen LogP contribution in [0.1, 0.15) is 48.9 Å². The highest BCUT2D eigenvalue weighted by atomic mass is 35.5. The van der Waals surface area contributed by atoms with Crippen molar-refractivity contribution < 1.29 is 30.0 Å². The Bertz CT molecular complexity index is 2450. The van der Waals surface area contributed by atoms with Gasteiger partial charge in [0.25, 0.3) is 0 Å². The van der Waals surface area contributed by atoms with Gasteiger partial charge in [0, 0.05) is 65.7 Å². The molecule has 7 rings (SSSR count). The van der Waals surface area contributed by atoms with Gasteiger partial charge >= 0.3 is 6.18 Å². The lowest BCUT2D eigenvalue weighted by atomic mass is 9.97. The zero-order valence-corrected chi connectivity index (χ0v) is 34.9. The van der Waals surface area contributed by atoms with Gasteiger partial charge in [-0.1, -0.05) is 35.3 Å². The quantitative estimate of drug-likeness (QED) is 0.175. The molecule has 4 aromatic carbocycles. The van der Waals surface area contributed by atoms with E-state index < -0.39 is 55.5 Å². The molecule has 3 unspecified atom stereocenters. The smallest absolute Gasteiger partial charge is 0.366 e. The maximum Gasteiger partial charge on any atom is 0.416 e. The third kappa shape index (κ3) is 7.75. The van der Waals surface area contributed by atoms with E-state index in [-0.39, 0.29) is 40.9 Å². The molecule has 0 aromatic heterocycles. The fraction of sp³-hybridized carbons (Fsp3) is 0.390. The summed E-state index contributed by atoms with van der Waals surface area (Å²) in [6, 6.07) is 22.2. The van der Waals surface area contributed by atoms with Crippen LogP contribution in [0, 0.1) is 31.1 Å². The van der Waals surface area contributed by atoms with E-state index in [0.717, 1.165) is 17.3 Å². The van der Waals surface area contributed by atoms with E-state index in [1.807, 2.05) is 43.0 Å². The molecular formula is C41H42Cl2F3N5O4S2. The fourth-order valence-corrected chi connectivity index (χ4v) is 12.4. The van der Waals surface area contributed by atoms with Crippen molar-refractivity contribution in [1.82, 2.24) is 8.61 Å². The molecule has 2 aliphatic heterocycles. The molecule has 16 heteroatoms. The number of halogens is 5. The van der Waals surface area contributed by atoms with Crippen LogP contribution in [0.4, 0.5) is 24.5 Å². The zero-order valence-electron chi connectivity index (χ0n) is 31.7. The van der Waals surface area contributed by atoms with Gasteiger partial charge in [0.1, 0.15) is 0 Å². The van der Waals surface area contributed by atoms with Gasteiger partial charge < -0.3 is 9.80 Å². The lowest BCUT2D eigenvalue weighted by Crippen LogP contribution is -2.62. The summed E-state index contributed by atoms with van der Waals surface area (Å²) in [5, 5.41) is 10.3. The SMILES string of the molecule is Cc1ccc(N2CC(C)N(S(=O)(=O)c3ccc(Cl)cc3)C[C@@H]2CC2CC23CN(c2ccc(C)c(C(F)(F)F)c2)[C@@H](C)CN3S(=O)(=O)c2ccc(C#N)cc2)cc1Cl. The molecule has 0 bridgehead atoms.